The quantitative estimate of drug-likeness (QED) is 0.873. The molecule has 16 heavy (non-hydrogen) atoms. The van der Waals surface area contributed by atoms with Gasteiger partial charge < -0.3 is 10.6 Å². The lowest BCUT2D eigenvalue weighted by molar-refractivity contribution is 0.249. The number of nitrogens with zero attached hydrogens (tertiary/aromatic N) is 1. The van der Waals surface area contributed by atoms with Crippen molar-refractivity contribution in [3.05, 3.63) is 20.8 Å². The summed E-state index contributed by atoms with van der Waals surface area (Å²) < 4.78 is 1.21. The van der Waals surface area contributed by atoms with Gasteiger partial charge in [0.15, 0.2) is 0 Å². The highest BCUT2D eigenvalue weighted by molar-refractivity contribution is 9.11. The van der Waals surface area contributed by atoms with E-state index in [-0.39, 0.29) is 5.41 Å². The van der Waals surface area contributed by atoms with Gasteiger partial charge in [0.2, 0.25) is 0 Å². The minimum absolute atomic E-state index is 0.253. The van der Waals surface area contributed by atoms with E-state index in [0.717, 1.165) is 26.1 Å². The molecule has 0 aliphatic rings. The van der Waals surface area contributed by atoms with Gasteiger partial charge in [0.1, 0.15) is 0 Å². The topological polar surface area (TPSA) is 29.3 Å². The number of rotatable bonds is 6. The van der Waals surface area contributed by atoms with Crippen LogP contribution in [-0.4, -0.2) is 25.0 Å². The predicted molar refractivity (Wildman–Crippen MR) is 75.8 cm³/mol. The summed E-state index contributed by atoms with van der Waals surface area (Å²) in [7, 11) is 2.16. The molecule has 0 bridgehead atoms. The molecule has 92 valence electrons. The molecule has 0 spiro atoms. The molecule has 0 aliphatic heterocycles. The minimum atomic E-state index is 0.253. The Morgan fingerprint density at radius 1 is 1.50 bits per heavy atom. The molecule has 1 heterocycles. The van der Waals surface area contributed by atoms with Gasteiger partial charge in [-0.3, -0.25) is 0 Å². The zero-order valence-corrected chi connectivity index (χ0v) is 12.7. The van der Waals surface area contributed by atoms with E-state index >= 15 is 0 Å². The fraction of sp³-hybridized carbons (Fsp3) is 0.667. The molecule has 2 nitrogen and oxygen atoms in total. The molecule has 2 N–H and O–H groups in total. The number of halogens is 1. The van der Waals surface area contributed by atoms with Gasteiger partial charge in [0, 0.05) is 6.54 Å². The first-order valence-corrected chi connectivity index (χ1v) is 7.22. The van der Waals surface area contributed by atoms with Crippen LogP contribution in [0.25, 0.3) is 0 Å². The van der Waals surface area contributed by atoms with Crippen LogP contribution in [0.4, 0.5) is 0 Å². The maximum atomic E-state index is 5.73. The molecular weight excluding hydrogens is 284 g/mol. The minimum Gasteiger partial charge on any atom is -0.330 e. The van der Waals surface area contributed by atoms with Crippen molar-refractivity contribution in [1.29, 1.82) is 0 Å². The third-order valence-corrected chi connectivity index (χ3v) is 4.35. The van der Waals surface area contributed by atoms with Gasteiger partial charge in [-0.05, 0) is 64.9 Å². The monoisotopic (exact) mass is 304 g/mol. The lowest BCUT2D eigenvalue weighted by Crippen LogP contribution is -2.29. The Bertz CT molecular complexity index is 323. The number of nitrogens with two attached hydrogens (primary N) is 1. The highest BCUT2D eigenvalue weighted by Crippen LogP contribution is 2.22. The van der Waals surface area contributed by atoms with Crippen molar-refractivity contribution in [2.24, 2.45) is 11.1 Å². The second-order valence-electron chi connectivity index (χ2n) is 5.12. The van der Waals surface area contributed by atoms with Crippen molar-refractivity contribution < 1.29 is 0 Å². The average molecular weight is 305 g/mol. The molecule has 0 fully saturated rings. The molecule has 0 unspecified atom stereocenters. The second kappa shape index (κ2) is 6.15. The van der Waals surface area contributed by atoms with Crippen LogP contribution in [0.15, 0.2) is 15.2 Å². The summed E-state index contributed by atoms with van der Waals surface area (Å²) in [6, 6.07) is 2.19. The van der Waals surface area contributed by atoms with Crippen LogP contribution in [0.1, 0.15) is 25.8 Å². The Balaban J connectivity index is 2.34. The van der Waals surface area contributed by atoms with E-state index in [1.807, 2.05) is 0 Å². The van der Waals surface area contributed by atoms with Crippen LogP contribution in [0.2, 0.25) is 0 Å². The summed E-state index contributed by atoms with van der Waals surface area (Å²) in [6.07, 6.45) is 1.14. The Kier molecular flexibility index (Phi) is 5.44. The van der Waals surface area contributed by atoms with Gasteiger partial charge in [0.25, 0.3) is 0 Å². The second-order valence-corrected chi connectivity index (χ2v) is 7.41. The largest absolute Gasteiger partial charge is 0.330 e. The molecular formula is C12H21BrN2S. The van der Waals surface area contributed by atoms with Gasteiger partial charge in [-0.1, -0.05) is 13.8 Å². The molecule has 0 saturated heterocycles. The molecule has 4 heteroatoms. The third kappa shape index (κ3) is 4.95. The van der Waals surface area contributed by atoms with Crippen LogP contribution in [0.5, 0.6) is 0 Å². The zero-order valence-electron chi connectivity index (χ0n) is 10.3. The van der Waals surface area contributed by atoms with Crippen LogP contribution in [0.3, 0.4) is 0 Å². The molecule has 0 aliphatic carbocycles. The van der Waals surface area contributed by atoms with E-state index in [2.05, 4.69) is 53.2 Å². The van der Waals surface area contributed by atoms with Gasteiger partial charge in [-0.2, -0.15) is 0 Å². The Labute approximate surface area is 111 Å². The highest BCUT2D eigenvalue weighted by Gasteiger charge is 2.16. The molecule has 0 saturated carbocycles. The molecule has 0 atom stereocenters. The van der Waals surface area contributed by atoms with Gasteiger partial charge in [0.05, 0.1) is 3.79 Å². The summed E-state index contributed by atoms with van der Waals surface area (Å²) in [5, 5.41) is 2.20. The fourth-order valence-corrected chi connectivity index (χ4v) is 2.62. The van der Waals surface area contributed by atoms with Gasteiger partial charge in [-0.25, -0.2) is 0 Å². The Morgan fingerprint density at radius 2 is 2.19 bits per heavy atom. The van der Waals surface area contributed by atoms with E-state index in [0.29, 0.717) is 0 Å². The first kappa shape index (κ1) is 14.2. The molecule has 1 aromatic heterocycles. The summed E-state index contributed by atoms with van der Waals surface area (Å²) >= 11 is 5.23. The van der Waals surface area contributed by atoms with Crippen molar-refractivity contribution in [1.82, 2.24) is 4.90 Å². The highest BCUT2D eigenvalue weighted by atomic mass is 79.9. The van der Waals surface area contributed by atoms with E-state index in [1.54, 1.807) is 11.3 Å². The molecule has 0 amide bonds. The van der Waals surface area contributed by atoms with Crippen LogP contribution in [0, 0.1) is 5.41 Å². The average Bonchev–Trinajstić information content (AvgIpc) is 2.61. The lowest BCUT2D eigenvalue weighted by Gasteiger charge is -2.25. The van der Waals surface area contributed by atoms with Crippen LogP contribution >= 0.6 is 27.3 Å². The van der Waals surface area contributed by atoms with Crippen molar-refractivity contribution >= 4 is 27.3 Å². The summed E-state index contributed by atoms with van der Waals surface area (Å²) in [6.45, 7) is 7.31. The maximum absolute atomic E-state index is 5.73. The standard InChI is InChI=1S/C12H21BrN2S/c1-12(2,9-14)4-5-15(3)7-10-6-11(13)16-8-10/h6,8H,4-5,7,9,14H2,1-3H3. The summed E-state index contributed by atoms with van der Waals surface area (Å²) in [5.41, 5.74) is 7.36. The first-order valence-electron chi connectivity index (χ1n) is 5.54. The van der Waals surface area contributed by atoms with E-state index in [9.17, 15) is 0 Å². The summed E-state index contributed by atoms with van der Waals surface area (Å²) in [5.74, 6) is 0. The molecule has 0 radical (unpaired) electrons. The molecule has 1 rings (SSSR count). The van der Waals surface area contributed by atoms with Crippen molar-refractivity contribution in [2.75, 3.05) is 20.1 Å². The van der Waals surface area contributed by atoms with Gasteiger partial charge >= 0.3 is 0 Å². The normalized spacial score (nSPS) is 12.4. The Morgan fingerprint density at radius 3 is 2.69 bits per heavy atom. The molecule has 1 aromatic rings. The van der Waals surface area contributed by atoms with Crippen molar-refractivity contribution in [3.8, 4) is 0 Å². The predicted octanol–water partition coefficient (Wildman–Crippen LogP) is 3.32. The number of thiophene rings is 1. The Hall–Kier alpha value is 0.100. The zero-order chi connectivity index (χ0) is 12.2. The number of hydrogen-bond donors (Lipinski definition) is 1. The lowest BCUT2D eigenvalue weighted by atomic mass is 9.89. The van der Waals surface area contributed by atoms with E-state index in [1.165, 1.54) is 9.35 Å². The van der Waals surface area contributed by atoms with E-state index < -0.39 is 0 Å². The summed E-state index contributed by atoms with van der Waals surface area (Å²) in [4.78, 5) is 2.35. The van der Waals surface area contributed by atoms with Crippen molar-refractivity contribution in [2.45, 2.75) is 26.8 Å². The first-order chi connectivity index (χ1) is 7.43. The fourth-order valence-electron chi connectivity index (χ4n) is 1.42. The third-order valence-electron chi connectivity index (χ3n) is 2.80. The number of hydrogen-bond acceptors (Lipinski definition) is 3. The van der Waals surface area contributed by atoms with Gasteiger partial charge in [-0.15, -0.1) is 11.3 Å². The molecule has 0 aromatic carbocycles. The van der Waals surface area contributed by atoms with Crippen LogP contribution < -0.4 is 5.73 Å². The maximum Gasteiger partial charge on any atom is 0.0701 e. The SMILES string of the molecule is CN(CCC(C)(C)CN)Cc1csc(Br)c1. The van der Waals surface area contributed by atoms with Crippen LogP contribution in [-0.2, 0) is 6.54 Å². The van der Waals surface area contributed by atoms with E-state index in [4.69, 9.17) is 5.73 Å². The van der Waals surface area contributed by atoms with Crippen molar-refractivity contribution in [3.63, 3.8) is 0 Å². The smallest absolute Gasteiger partial charge is 0.0701 e.